The van der Waals surface area contributed by atoms with Crippen molar-refractivity contribution < 1.29 is 18.7 Å². The average Bonchev–Trinajstić information content (AvgIpc) is 3.17. The van der Waals surface area contributed by atoms with Crippen molar-refractivity contribution in [2.75, 3.05) is 43.0 Å². The molecule has 33 heavy (non-hydrogen) atoms. The standard InChI is InChI=1S/C25H28N4O4/c1-4-32-22-8-6-5-7-20(22)24(30)27-19-9-10-23(26-16-19)28-11-13-29(14-12-28)25(31)21-15-17(2)33-18(21)3/h5-10,15-16H,4,11-14H2,1-3H3,(H,27,30). The maximum Gasteiger partial charge on any atom is 0.259 e. The minimum Gasteiger partial charge on any atom is -0.493 e. The van der Waals surface area contributed by atoms with Crippen molar-refractivity contribution in [3.63, 3.8) is 0 Å². The molecule has 0 spiro atoms. The van der Waals surface area contributed by atoms with E-state index >= 15 is 0 Å². The van der Waals surface area contributed by atoms with Crippen LogP contribution in [-0.2, 0) is 0 Å². The molecule has 0 bridgehead atoms. The van der Waals surface area contributed by atoms with Crippen molar-refractivity contribution in [2.45, 2.75) is 20.8 Å². The molecule has 1 N–H and O–H groups in total. The minimum atomic E-state index is -0.245. The van der Waals surface area contributed by atoms with E-state index in [9.17, 15) is 9.59 Å². The van der Waals surface area contributed by atoms with Gasteiger partial charge in [0.25, 0.3) is 11.8 Å². The zero-order valence-electron chi connectivity index (χ0n) is 19.1. The van der Waals surface area contributed by atoms with Crippen LogP contribution in [0.15, 0.2) is 53.1 Å². The highest BCUT2D eigenvalue weighted by Crippen LogP contribution is 2.22. The molecule has 1 aliphatic heterocycles. The van der Waals surface area contributed by atoms with Crippen molar-refractivity contribution in [3.8, 4) is 5.75 Å². The van der Waals surface area contributed by atoms with E-state index in [1.807, 2.05) is 43.9 Å². The molecule has 2 amide bonds. The number of nitrogens with zero attached hydrogens (tertiary/aromatic N) is 3. The van der Waals surface area contributed by atoms with Crippen molar-refractivity contribution in [1.29, 1.82) is 0 Å². The van der Waals surface area contributed by atoms with Crippen LogP contribution in [0, 0.1) is 13.8 Å². The number of hydrogen-bond donors (Lipinski definition) is 1. The molecule has 172 valence electrons. The van der Waals surface area contributed by atoms with Crippen LogP contribution in [-0.4, -0.2) is 54.5 Å². The summed E-state index contributed by atoms with van der Waals surface area (Å²) in [4.78, 5) is 33.9. The highest BCUT2D eigenvalue weighted by molar-refractivity contribution is 6.06. The zero-order chi connectivity index (χ0) is 23.4. The number of rotatable bonds is 6. The van der Waals surface area contributed by atoms with Crippen LogP contribution in [0.1, 0.15) is 39.2 Å². The SMILES string of the molecule is CCOc1ccccc1C(=O)Nc1ccc(N2CCN(C(=O)c3cc(C)oc3C)CC2)nc1. The van der Waals surface area contributed by atoms with Gasteiger partial charge in [-0.1, -0.05) is 12.1 Å². The Bertz CT molecular complexity index is 1130. The van der Waals surface area contributed by atoms with Gasteiger partial charge in [-0.2, -0.15) is 0 Å². The molecular formula is C25H28N4O4. The molecule has 1 aliphatic rings. The quantitative estimate of drug-likeness (QED) is 0.615. The Kier molecular flexibility index (Phi) is 6.63. The van der Waals surface area contributed by atoms with E-state index < -0.39 is 0 Å². The van der Waals surface area contributed by atoms with E-state index in [4.69, 9.17) is 9.15 Å². The molecule has 0 saturated carbocycles. The summed E-state index contributed by atoms with van der Waals surface area (Å²) in [6, 6.07) is 12.7. The number of piperazine rings is 1. The molecule has 3 heterocycles. The monoisotopic (exact) mass is 448 g/mol. The number of pyridine rings is 1. The largest absolute Gasteiger partial charge is 0.493 e. The summed E-state index contributed by atoms with van der Waals surface area (Å²) in [5.41, 5.74) is 1.71. The number of para-hydroxylation sites is 1. The van der Waals surface area contributed by atoms with Crippen molar-refractivity contribution in [2.24, 2.45) is 0 Å². The minimum absolute atomic E-state index is 0.00218. The third-order valence-corrected chi connectivity index (χ3v) is 5.60. The van der Waals surface area contributed by atoms with Crippen LogP contribution in [0.25, 0.3) is 0 Å². The average molecular weight is 449 g/mol. The van der Waals surface area contributed by atoms with E-state index in [2.05, 4.69) is 15.2 Å². The lowest BCUT2D eigenvalue weighted by molar-refractivity contribution is 0.0744. The van der Waals surface area contributed by atoms with Gasteiger partial charge in [0, 0.05) is 26.2 Å². The van der Waals surface area contributed by atoms with Gasteiger partial charge in [0.2, 0.25) is 0 Å². The van der Waals surface area contributed by atoms with Crippen LogP contribution in [0.4, 0.5) is 11.5 Å². The summed E-state index contributed by atoms with van der Waals surface area (Å²) in [6.45, 7) is 8.61. The Morgan fingerprint density at radius 1 is 1.06 bits per heavy atom. The number of benzene rings is 1. The number of amides is 2. The van der Waals surface area contributed by atoms with Gasteiger partial charge >= 0.3 is 0 Å². The van der Waals surface area contributed by atoms with Gasteiger partial charge in [0.1, 0.15) is 23.1 Å². The summed E-state index contributed by atoms with van der Waals surface area (Å²) < 4.78 is 11.0. The first-order valence-corrected chi connectivity index (χ1v) is 11.1. The van der Waals surface area contributed by atoms with Crippen molar-refractivity contribution >= 4 is 23.3 Å². The van der Waals surface area contributed by atoms with Crippen molar-refractivity contribution in [1.82, 2.24) is 9.88 Å². The Labute approximate surface area is 193 Å². The molecular weight excluding hydrogens is 420 g/mol. The van der Waals surface area contributed by atoms with Gasteiger partial charge < -0.3 is 24.3 Å². The second-order valence-electron chi connectivity index (χ2n) is 7.89. The maximum atomic E-state index is 12.8. The Balaban J connectivity index is 1.35. The predicted octanol–water partition coefficient (Wildman–Crippen LogP) is 3.90. The molecule has 1 fully saturated rings. The number of furan rings is 1. The number of carbonyl (C=O) groups excluding carboxylic acids is 2. The molecule has 4 rings (SSSR count). The molecule has 1 aromatic carbocycles. The molecule has 8 heteroatoms. The van der Waals surface area contributed by atoms with Gasteiger partial charge in [-0.15, -0.1) is 0 Å². The summed E-state index contributed by atoms with van der Waals surface area (Å²) in [6.07, 6.45) is 1.64. The zero-order valence-corrected chi connectivity index (χ0v) is 19.1. The smallest absolute Gasteiger partial charge is 0.259 e. The first kappa shape index (κ1) is 22.4. The van der Waals surface area contributed by atoms with Gasteiger partial charge in [-0.25, -0.2) is 4.98 Å². The number of aryl methyl sites for hydroxylation is 2. The number of nitrogens with one attached hydrogen (secondary N) is 1. The fourth-order valence-corrected chi connectivity index (χ4v) is 3.93. The second kappa shape index (κ2) is 9.77. The van der Waals surface area contributed by atoms with E-state index in [0.29, 0.717) is 61.1 Å². The molecule has 8 nitrogen and oxygen atoms in total. The Hall–Kier alpha value is -3.81. The molecule has 1 saturated heterocycles. The van der Waals surface area contributed by atoms with E-state index in [0.717, 1.165) is 11.6 Å². The van der Waals surface area contributed by atoms with E-state index in [1.54, 1.807) is 30.5 Å². The number of aromatic nitrogens is 1. The highest BCUT2D eigenvalue weighted by Gasteiger charge is 2.25. The summed E-state index contributed by atoms with van der Waals surface area (Å²) >= 11 is 0. The molecule has 3 aromatic rings. The lowest BCUT2D eigenvalue weighted by Crippen LogP contribution is -2.49. The number of anilines is 2. The van der Waals surface area contributed by atoms with Crippen LogP contribution < -0.4 is 15.0 Å². The molecule has 0 unspecified atom stereocenters. The summed E-state index contributed by atoms with van der Waals surface area (Å²) in [5.74, 6) is 2.52. The molecule has 2 aromatic heterocycles. The van der Waals surface area contributed by atoms with Crippen LogP contribution in [0.2, 0.25) is 0 Å². The number of ether oxygens (including phenoxy) is 1. The van der Waals surface area contributed by atoms with Gasteiger partial charge in [0.15, 0.2) is 0 Å². The van der Waals surface area contributed by atoms with Gasteiger partial charge in [0.05, 0.1) is 29.6 Å². The van der Waals surface area contributed by atoms with Crippen LogP contribution in [0.5, 0.6) is 5.75 Å². The molecule has 0 radical (unpaired) electrons. The topological polar surface area (TPSA) is 87.9 Å². The normalized spacial score (nSPS) is 13.7. The van der Waals surface area contributed by atoms with E-state index in [-0.39, 0.29) is 11.8 Å². The predicted molar refractivity (Wildman–Crippen MR) is 126 cm³/mol. The number of hydrogen-bond acceptors (Lipinski definition) is 6. The molecule has 0 aliphatic carbocycles. The fourth-order valence-electron chi connectivity index (χ4n) is 3.93. The summed E-state index contributed by atoms with van der Waals surface area (Å²) in [7, 11) is 0. The van der Waals surface area contributed by atoms with E-state index in [1.165, 1.54) is 0 Å². The van der Waals surface area contributed by atoms with Crippen molar-refractivity contribution in [3.05, 3.63) is 71.3 Å². The third kappa shape index (κ3) is 5.00. The van der Waals surface area contributed by atoms with Crippen LogP contribution in [0.3, 0.4) is 0 Å². The Morgan fingerprint density at radius 3 is 2.45 bits per heavy atom. The van der Waals surface area contributed by atoms with Gasteiger partial charge in [-0.05, 0) is 51.1 Å². The first-order chi connectivity index (χ1) is 16.0. The van der Waals surface area contributed by atoms with Gasteiger partial charge in [-0.3, -0.25) is 9.59 Å². The first-order valence-electron chi connectivity index (χ1n) is 11.1. The fraction of sp³-hybridized carbons (Fsp3) is 0.320. The lowest BCUT2D eigenvalue weighted by Gasteiger charge is -2.35. The van der Waals surface area contributed by atoms with Crippen LogP contribution >= 0.6 is 0 Å². The Morgan fingerprint density at radius 2 is 1.82 bits per heavy atom. The third-order valence-electron chi connectivity index (χ3n) is 5.60. The summed E-state index contributed by atoms with van der Waals surface area (Å²) in [5, 5.41) is 2.87. The highest BCUT2D eigenvalue weighted by atomic mass is 16.5. The maximum absolute atomic E-state index is 12.8. The second-order valence-corrected chi connectivity index (χ2v) is 7.89. The lowest BCUT2D eigenvalue weighted by atomic mass is 10.2. The number of carbonyl (C=O) groups is 2. The molecule has 0 atom stereocenters.